The second kappa shape index (κ2) is 30.7. The van der Waals surface area contributed by atoms with Gasteiger partial charge in [0.25, 0.3) is 0 Å². The summed E-state index contributed by atoms with van der Waals surface area (Å²) in [5.41, 5.74) is 1.34. The van der Waals surface area contributed by atoms with Gasteiger partial charge in [0, 0.05) is 17.1 Å². The van der Waals surface area contributed by atoms with Crippen molar-refractivity contribution in [1.29, 1.82) is 0 Å². The van der Waals surface area contributed by atoms with Gasteiger partial charge in [-0.1, -0.05) is 6.92 Å². The Balaban J connectivity index is -0.0000000508. The molecule has 4 heteroatoms. The van der Waals surface area contributed by atoms with Gasteiger partial charge in [-0.05, 0) is 0 Å². The second-order valence-electron chi connectivity index (χ2n) is 1.46. The maximum atomic E-state index is 8.00. The van der Waals surface area contributed by atoms with E-state index >= 15 is 0 Å². The van der Waals surface area contributed by atoms with E-state index in [0.29, 0.717) is 0 Å². The molecule has 0 amide bonds. The van der Waals surface area contributed by atoms with Gasteiger partial charge in [-0.25, -0.2) is 12.1 Å². The van der Waals surface area contributed by atoms with Crippen LogP contribution in [0, 0.1) is 6.92 Å². The fourth-order valence-corrected chi connectivity index (χ4v) is 0.470. The molecule has 0 fully saturated rings. The molecule has 13 heavy (non-hydrogen) atoms. The first kappa shape index (κ1) is 22.6. The maximum absolute atomic E-state index is 8.00. The largest absolute Gasteiger partial charge is 0.307 e. The van der Waals surface area contributed by atoms with Crippen LogP contribution < -0.4 is 0 Å². The van der Waals surface area contributed by atoms with Crippen molar-refractivity contribution in [3.8, 4) is 0 Å². The summed E-state index contributed by atoms with van der Waals surface area (Å²) in [4.78, 5) is 24.0. The molecule has 76 valence electrons. The van der Waals surface area contributed by atoms with E-state index in [-0.39, 0.29) is 17.1 Å². The van der Waals surface area contributed by atoms with Crippen molar-refractivity contribution in [2.75, 3.05) is 0 Å². The van der Waals surface area contributed by atoms with Gasteiger partial charge >= 0.3 is 0 Å². The topological polar surface area (TPSA) is 51.2 Å². The standard InChI is InChI=1S/C6H7.3CH2O.Fe/c1-6-4-2-3-5-6;3*1-2;/h2-5H,1H3;3*1H2;/q-1;;;;. The molecule has 0 aromatic heterocycles. The molecule has 0 aliphatic heterocycles. The zero-order valence-electron chi connectivity index (χ0n) is 7.51. The Morgan fingerprint density at radius 1 is 0.846 bits per heavy atom. The van der Waals surface area contributed by atoms with Crippen LogP contribution in [0.2, 0.25) is 0 Å². The van der Waals surface area contributed by atoms with Crippen LogP contribution in [-0.4, -0.2) is 20.4 Å². The predicted molar refractivity (Wildman–Crippen MR) is 48.1 cm³/mol. The number of rotatable bonds is 0. The Morgan fingerprint density at radius 3 is 1.15 bits per heavy atom. The molecule has 0 bridgehead atoms. The summed E-state index contributed by atoms with van der Waals surface area (Å²) in [5, 5.41) is 0. The van der Waals surface area contributed by atoms with Gasteiger partial charge in [0.1, 0.15) is 20.4 Å². The average molecular weight is 225 g/mol. The summed E-state index contributed by atoms with van der Waals surface area (Å²) >= 11 is 0. The number of aryl methyl sites for hydroxylation is 1. The molecular weight excluding hydrogens is 212 g/mol. The first-order chi connectivity index (χ1) is 5.89. The molecule has 0 spiro atoms. The molecule has 0 radical (unpaired) electrons. The van der Waals surface area contributed by atoms with Crippen LogP contribution in [0.15, 0.2) is 24.3 Å². The van der Waals surface area contributed by atoms with E-state index in [4.69, 9.17) is 14.4 Å². The summed E-state index contributed by atoms with van der Waals surface area (Å²) in [5.74, 6) is 0. The van der Waals surface area contributed by atoms with Crippen molar-refractivity contribution < 1.29 is 31.5 Å². The van der Waals surface area contributed by atoms with Crippen molar-refractivity contribution in [2.45, 2.75) is 6.92 Å². The van der Waals surface area contributed by atoms with Crippen molar-refractivity contribution in [3.05, 3.63) is 29.8 Å². The van der Waals surface area contributed by atoms with Gasteiger partial charge in [0.2, 0.25) is 0 Å². The summed E-state index contributed by atoms with van der Waals surface area (Å²) < 4.78 is 0. The normalized spacial score (nSPS) is 5.00. The third-order valence-corrected chi connectivity index (χ3v) is 0.829. The van der Waals surface area contributed by atoms with E-state index in [0.717, 1.165) is 0 Å². The van der Waals surface area contributed by atoms with Gasteiger partial charge < -0.3 is 14.4 Å². The van der Waals surface area contributed by atoms with E-state index in [1.807, 2.05) is 32.5 Å². The smallest absolute Gasteiger partial charge is 0.106 e. The van der Waals surface area contributed by atoms with E-state index in [9.17, 15) is 0 Å². The zero-order valence-corrected chi connectivity index (χ0v) is 8.61. The molecule has 1 aromatic carbocycles. The fraction of sp³-hybridized carbons (Fsp3) is 0.111. The fourth-order valence-electron chi connectivity index (χ4n) is 0.470. The summed E-state index contributed by atoms with van der Waals surface area (Å²) in [6, 6.07) is 8.24. The molecule has 1 aromatic rings. The quantitative estimate of drug-likeness (QED) is 0.491. The van der Waals surface area contributed by atoms with Crippen molar-refractivity contribution >= 4 is 20.4 Å². The van der Waals surface area contributed by atoms with Crippen LogP contribution >= 0.6 is 0 Å². The van der Waals surface area contributed by atoms with Crippen LogP contribution in [0.5, 0.6) is 0 Å². The van der Waals surface area contributed by atoms with Crippen LogP contribution in [0.25, 0.3) is 0 Å². The number of carbonyl (C=O) groups is 3. The second-order valence-corrected chi connectivity index (χ2v) is 1.46. The molecule has 0 N–H and O–H groups in total. The molecule has 0 aliphatic rings. The third kappa shape index (κ3) is 24.8. The molecule has 0 saturated heterocycles. The average Bonchev–Trinajstić information content (AvgIpc) is 2.66. The maximum Gasteiger partial charge on any atom is 0.106 e. The van der Waals surface area contributed by atoms with Gasteiger partial charge in [0.15, 0.2) is 0 Å². The Bertz CT molecular complexity index is 147. The van der Waals surface area contributed by atoms with E-state index in [1.54, 1.807) is 0 Å². The van der Waals surface area contributed by atoms with E-state index in [2.05, 4.69) is 19.1 Å². The molecular formula is C9H13FeO3-. The van der Waals surface area contributed by atoms with Gasteiger partial charge in [-0.3, -0.25) is 0 Å². The first-order valence-electron chi connectivity index (χ1n) is 2.94. The van der Waals surface area contributed by atoms with Gasteiger partial charge in [0.05, 0.1) is 0 Å². The third-order valence-electron chi connectivity index (χ3n) is 0.829. The zero-order chi connectivity index (χ0) is 10.4. The predicted octanol–water partition coefficient (Wildman–Crippen LogP) is 1.16. The van der Waals surface area contributed by atoms with Crippen molar-refractivity contribution in [1.82, 2.24) is 0 Å². The Hall–Kier alpha value is -1.12. The van der Waals surface area contributed by atoms with Crippen LogP contribution in [0.3, 0.4) is 0 Å². The van der Waals surface area contributed by atoms with Gasteiger partial charge in [-0.15, -0.1) is 0 Å². The Morgan fingerprint density at radius 2 is 1.08 bits per heavy atom. The molecule has 0 heterocycles. The Labute approximate surface area is 89.0 Å². The molecule has 3 nitrogen and oxygen atoms in total. The number of carbonyl (C=O) groups excluding carboxylic acids is 3. The van der Waals surface area contributed by atoms with Gasteiger partial charge in [-0.2, -0.15) is 17.7 Å². The summed E-state index contributed by atoms with van der Waals surface area (Å²) in [6.45, 7) is 8.08. The van der Waals surface area contributed by atoms with Crippen LogP contribution in [0.4, 0.5) is 0 Å². The molecule has 0 atom stereocenters. The van der Waals surface area contributed by atoms with E-state index in [1.165, 1.54) is 5.56 Å². The molecule has 0 unspecified atom stereocenters. The van der Waals surface area contributed by atoms with Crippen molar-refractivity contribution in [2.24, 2.45) is 0 Å². The molecule has 0 aliphatic carbocycles. The van der Waals surface area contributed by atoms with E-state index < -0.39 is 0 Å². The van der Waals surface area contributed by atoms with Crippen LogP contribution in [0.1, 0.15) is 5.56 Å². The molecule has 1 rings (SSSR count). The number of hydrogen-bond acceptors (Lipinski definition) is 3. The molecule has 0 saturated carbocycles. The Kier molecular flexibility index (Phi) is 53.5. The SMILES string of the molecule is C=O.C=O.C=O.C[c-]1cccc1.[Fe]. The number of hydrogen-bond donors (Lipinski definition) is 0. The monoisotopic (exact) mass is 225 g/mol. The van der Waals surface area contributed by atoms with Crippen molar-refractivity contribution in [3.63, 3.8) is 0 Å². The minimum Gasteiger partial charge on any atom is -0.307 e. The summed E-state index contributed by atoms with van der Waals surface area (Å²) in [6.07, 6.45) is 0. The van der Waals surface area contributed by atoms with Crippen LogP contribution in [-0.2, 0) is 31.5 Å². The summed E-state index contributed by atoms with van der Waals surface area (Å²) in [7, 11) is 0. The minimum atomic E-state index is 0. The first-order valence-corrected chi connectivity index (χ1v) is 2.94. The minimum absolute atomic E-state index is 0.